The first-order chi connectivity index (χ1) is 15.1. The Morgan fingerprint density at radius 3 is 2.81 bits per heavy atom. The SMILES string of the molecule is COC(=O)CCCN1C(=S)N[C@@H](c2ccccn2)[C@H]1c1cccn1-c1ccc(Cl)cn1. The van der Waals surface area contributed by atoms with Crippen LogP contribution in [0.5, 0.6) is 0 Å². The van der Waals surface area contributed by atoms with E-state index >= 15 is 0 Å². The van der Waals surface area contributed by atoms with Gasteiger partial charge in [-0.15, -0.1) is 0 Å². The third-order valence-corrected chi connectivity index (χ3v) is 5.82. The van der Waals surface area contributed by atoms with Gasteiger partial charge < -0.3 is 19.5 Å². The van der Waals surface area contributed by atoms with Crippen LogP contribution in [-0.4, -0.2) is 44.2 Å². The Balaban J connectivity index is 1.70. The van der Waals surface area contributed by atoms with Crippen LogP contribution in [0, 0.1) is 0 Å². The number of rotatable bonds is 7. The van der Waals surface area contributed by atoms with Crippen LogP contribution in [0.25, 0.3) is 5.82 Å². The second-order valence-electron chi connectivity index (χ2n) is 7.14. The first-order valence-corrected chi connectivity index (χ1v) is 10.7. The van der Waals surface area contributed by atoms with E-state index in [1.165, 1.54) is 7.11 Å². The predicted molar refractivity (Wildman–Crippen MR) is 122 cm³/mol. The van der Waals surface area contributed by atoms with E-state index in [9.17, 15) is 4.79 Å². The zero-order valence-corrected chi connectivity index (χ0v) is 18.5. The van der Waals surface area contributed by atoms with Crippen LogP contribution < -0.4 is 5.32 Å². The van der Waals surface area contributed by atoms with Crippen LogP contribution in [-0.2, 0) is 9.53 Å². The summed E-state index contributed by atoms with van der Waals surface area (Å²) in [5.41, 5.74) is 1.90. The van der Waals surface area contributed by atoms with Crippen LogP contribution in [0.1, 0.15) is 36.3 Å². The summed E-state index contributed by atoms with van der Waals surface area (Å²) in [6, 6.07) is 13.3. The molecule has 0 saturated carbocycles. The molecule has 0 spiro atoms. The molecule has 0 bridgehead atoms. The highest BCUT2D eigenvalue weighted by molar-refractivity contribution is 7.80. The summed E-state index contributed by atoms with van der Waals surface area (Å²) < 4.78 is 6.81. The lowest BCUT2D eigenvalue weighted by atomic mass is 10.0. The van der Waals surface area contributed by atoms with Crippen molar-refractivity contribution in [1.29, 1.82) is 0 Å². The summed E-state index contributed by atoms with van der Waals surface area (Å²) in [6.07, 6.45) is 6.32. The van der Waals surface area contributed by atoms with E-state index in [4.69, 9.17) is 28.6 Å². The molecule has 1 fully saturated rings. The number of carbonyl (C=O) groups is 1. The number of ether oxygens (including phenoxy) is 1. The molecular formula is C22H22ClN5O2S. The first kappa shape index (κ1) is 21.3. The number of hydrogen-bond donors (Lipinski definition) is 1. The molecule has 4 heterocycles. The lowest BCUT2D eigenvalue weighted by molar-refractivity contribution is -0.140. The van der Waals surface area contributed by atoms with Gasteiger partial charge in [-0.1, -0.05) is 17.7 Å². The number of nitrogens with zero attached hydrogens (tertiary/aromatic N) is 4. The number of methoxy groups -OCH3 is 1. The molecule has 3 aromatic heterocycles. The number of pyridine rings is 2. The molecule has 0 amide bonds. The van der Waals surface area contributed by atoms with Crippen molar-refractivity contribution in [3.05, 3.63) is 77.5 Å². The molecule has 7 nitrogen and oxygen atoms in total. The van der Waals surface area contributed by atoms with Crippen LogP contribution in [0.3, 0.4) is 0 Å². The van der Waals surface area contributed by atoms with Gasteiger partial charge in [0.1, 0.15) is 5.82 Å². The first-order valence-electron chi connectivity index (χ1n) is 9.92. The molecule has 9 heteroatoms. The highest BCUT2D eigenvalue weighted by Gasteiger charge is 2.41. The van der Waals surface area contributed by atoms with Gasteiger partial charge in [-0.3, -0.25) is 9.78 Å². The quantitative estimate of drug-likeness (QED) is 0.428. The summed E-state index contributed by atoms with van der Waals surface area (Å²) in [4.78, 5) is 22.8. The van der Waals surface area contributed by atoms with Gasteiger partial charge in [0.25, 0.3) is 0 Å². The van der Waals surface area contributed by atoms with E-state index in [2.05, 4.69) is 26.3 Å². The number of thiocarbonyl (C=S) groups is 1. The average Bonchev–Trinajstić information content (AvgIpc) is 3.39. The molecule has 1 N–H and O–H groups in total. The molecule has 1 aliphatic heterocycles. The average molecular weight is 456 g/mol. The minimum atomic E-state index is -0.232. The van der Waals surface area contributed by atoms with Gasteiger partial charge in [-0.05, 0) is 55.0 Å². The van der Waals surface area contributed by atoms with Gasteiger partial charge in [0.2, 0.25) is 0 Å². The molecular weight excluding hydrogens is 434 g/mol. The van der Waals surface area contributed by atoms with Crippen molar-refractivity contribution in [3.8, 4) is 5.82 Å². The second kappa shape index (κ2) is 9.45. The topological polar surface area (TPSA) is 72.3 Å². The molecule has 31 heavy (non-hydrogen) atoms. The Bertz CT molecular complexity index is 1060. The Morgan fingerprint density at radius 2 is 2.10 bits per heavy atom. The fourth-order valence-electron chi connectivity index (χ4n) is 3.82. The summed E-state index contributed by atoms with van der Waals surface area (Å²) >= 11 is 11.7. The molecule has 1 saturated heterocycles. The fourth-order valence-corrected chi connectivity index (χ4v) is 4.26. The highest BCUT2D eigenvalue weighted by Crippen LogP contribution is 2.39. The fraction of sp³-hybridized carbons (Fsp3) is 0.273. The zero-order valence-electron chi connectivity index (χ0n) is 16.9. The summed E-state index contributed by atoms with van der Waals surface area (Å²) in [6.45, 7) is 0.605. The smallest absolute Gasteiger partial charge is 0.305 e. The third kappa shape index (κ3) is 4.55. The van der Waals surface area contributed by atoms with Gasteiger partial charge in [0.15, 0.2) is 5.11 Å². The highest BCUT2D eigenvalue weighted by atomic mass is 35.5. The van der Waals surface area contributed by atoms with E-state index in [0.29, 0.717) is 29.5 Å². The molecule has 1 aliphatic rings. The minimum Gasteiger partial charge on any atom is -0.469 e. The van der Waals surface area contributed by atoms with Crippen molar-refractivity contribution in [2.45, 2.75) is 24.9 Å². The summed E-state index contributed by atoms with van der Waals surface area (Å²) in [7, 11) is 1.40. The largest absolute Gasteiger partial charge is 0.469 e. The van der Waals surface area contributed by atoms with Gasteiger partial charge in [-0.25, -0.2) is 4.98 Å². The molecule has 0 unspecified atom stereocenters. The van der Waals surface area contributed by atoms with Crippen LogP contribution in [0.2, 0.25) is 5.02 Å². The number of nitrogens with one attached hydrogen (secondary N) is 1. The van der Waals surface area contributed by atoms with Crippen LogP contribution in [0.15, 0.2) is 61.1 Å². The standard InChI is InChI=1S/C22H22ClN5O2S/c1-30-19(29)8-5-13-28-21(20(26-22(28)31)16-6-2-3-11-24-16)17-7-4-12-27(17)18-10-9-15(23)14-25-18/h2-4,6-7,9-12,14,20-21H,5,8,13H2,1H3,(H,26,31)/t20-,21+/m0/s1. The lowest BCUT2D eigenvalue weighted by Crippen LogP contribution is -2.31. The maximum absolute atomic E-state index is 11.6. The van der Waals surface area contributed by atoms with Crippen molar-refractivity contribution in [2.75, 3.05) is 13.7 Å². The van der Waals surface area contributed by atoms with E-state index in [1.54, 1.807) is 12.4 Å². The molecule has 160 valence electrons. The second-order valence-corrected chi connectivity index (χ2v) is 7.96. The van der Waals surface area contributed by atoms with Gasteiger partial charge >= 0.3 is 5.97 Å². The lowest BCUT2D eigenvalue weighted by Gasteiger charge is -2.28. The number of carbonyl (C=O) groups excluding carboxylic acids is 1. The molecule has 0 radical (unpaired) electrons. The van der Waals surface area contributed by atoms with E-state index in [0.717, 1.165) is 17.2 Å². The molecule has 0 aromatic carbocycles. The van der Waals surface area contributed by atoms with Gasteiger partial charge in [-0.2, -0.15) is 0 Å². The Hall–Kier alpha value is -2.97. The maximum Gasteiger partial charge on any atom is 0.305 e. The maximum atomic E-state index is 11.6. The Kier molecular flexibility index (Phi) is 6.48. The summed E-state index contributed by atoms with van der Waals surface area (Å²) in [5, 5.41) is 4.63. The molecule has 3 aromatic rings. The third-order valence-electron chi connectivity index (χ3n) is 5.25. The van der Waals surface area contributed by atoms with E-state index in [-0.39, 0.29) is 18.1 Å². The zero-order chi connectivity index (χ0) is 21.8. The van der Waals surface area contributed by atoms with Gasteiger partial charge in [0, 0.05) is 37.3 Å². The molecule has 0 aliphatic carbocycles. The molecule has 2 atom stereocenters. The summed E-state index contributed by atoms with van der Waals surface area (Å²) in [5.74, 6) is 0.529. The Labute approximate surface area is 191 Å². The molecule has 4 rings (SSSR count). The van der Waals surface area contributed by atoms with Crippen molar-refractivity contribution in [1.82, 2.24) is 24.8 Å². The number of halogens is 1. The van der Waals surface area contributed by atoms with E-state index < -0.39 is 0 Å². The number of hydrogen-bond acceptors (Lipinski definition) is 5. The van der Waals surface area contributed by atoms with Crippen molar-refractivity contribution in [2.24, 2.45) is 0 Å². The minimum absolute atomic E-state index is 0.132. The van der Waals surface area contributed by atoms with Crippen molar-refractivity contribution >= 4 is 34.9 Å². The number of aromatic nitrogens is 3. The predicted octanol–water partition coefficient (Wildman–Crippen LogP) is 3.85. The van der Waals surface area contributed by atoms with Crippen LogP contribution in [0.4, 0.5) is 0 Å². The normalized spacial score (nSPS) is 18.1. The van der Waals surface area contributed by atoms with Crippen molar-refractivity contribution in [3.63, 3.8) is 0 Å². The van der Waals surface area contributed by atoms with Crippen molar-refractivity contribution < 1.29 is 9.53 Å². The van der Waals surface area contributed by atoms with E-state index in [1.807, 2.05) is 47.2 Å². The monoisotopic (exact) mass is 455 g/mol. The van der Waals surface area contributed by atoms with Crippen LogP contribution >= 0.6 is 23.8 Å². The van der Waals surface area contributed by atoms with Gasteiger partial charge in [0.05, 0.1) is 29.9 Å². The Morgan fingerprint density at radius 1 is 1.23 bits per heavy atom. The number of esters is 1.